The maximum atomic E-state index is 11.3. The van der Waals surface area contributed by atoms with Crippen LogP contribution in [0.3, 0.4) is 0 Å². The van der Waals surface area contributed by atoms with Crippen LogP contribution in [0.2, 0.25) is 0 Å². The standard InChI is InChI=1S/C13H12N2O5S/c1-8-11(3-2-6-15-8)20-12-5-4-9(21(14,18)19)7-10(12)13(16)17/h2-7H,1H3,(H,16,17)(H2,14,18,19). The summed E-state index contributed by atoms with van der Waals surface area (Å²) in [4.78, 5) is 15.0. The van der Waals surface area contributed by atoms with Gasteiger partial charge in [0.2, 0.25) is 10.0 Å². The third-order valence-electron chi connectivity index (χ3n) is 2.69. The molecule has 0 atom stereocenters. The number of aromatic nitrogens is 1. The van der Waals surface area contributed by atoms with Crippen molar-refractivity contribution in [1.82, 2.24) is 4.98 Å². The molecule has 0 saturated heterocycles. The number of aromatic carboxylic acids is 1. The first kappa shape index (κ1) is 14.9. The van der Waals surface area contributed by atoms with Crippen LogP contribution < -0.4 is 9.88 Å². The molecule has 110 valence electrons. The van der Waals surface area contributed by atoms with Crippen LogP contribution in [0.5, 0.6) is 11.5 Å². The molecular formula is C13H12N2O5S. The normalized spacial score (nSPS) is 11.1. The average Bonchev–Trinajstić information content (AvgIpc) is 2.40. The van der Waals surface area contributed by atoms with Gasteiger partial charge in [-0.3, -0.25) is 4.98 Å². The van der Waals surface area contributed by atoms with E-state index in [0.717, 1.165) is 6.07 Å². The van der Waals surface area contributed by atoms with Gasteiger partial charge < -0.3 is 9.84 Å². The summed E-state index contributed by atoms with van der Waals surface area (Å²) in [5, 5.41) is 14.2. The molecule has 0 unspecified atom stereocenters. The van der Waals surface area contributed by atoms with E-state index in [1.165, 1.54) is 12.1 Å². The Balaban J connectivity index is 2.50. The zero-order valence-electron chi connectivity index (χ0n) is 11.0. The van der Waals surface area contributed by atoms with Crippen LogP contribution in [0.4, 0.5) is 0 Å². The number of sulfonamides is 1. The average molecular weight is 308 g/mol. The third-order valence-corrected chi connectivity index (χ3v) is 3.60. The van der Waals surface area contributed by atoms with Crippen LogP contribution in [0.15, 0.2) is 41.4 Å². The number of aryl methyl sites for hydroxylation is 1. The van der Waals surface area contributed by atoms with Crippen LogP contribution in [-0.4, -0.2) is 24.5 Å². The number of carbonyl (C=O) groups is 1. The molecule has 0 aliphatic heterocycles. The molecular weight excluding hydrogens is 296 g/mol. The topological polar surface area (TPSA) is 120 Å². The molecule has 0 bridgehead atoms. The second kappa shape index (κ2) is 5.51. The van der Waals surface area contributed by atoms with Crippen molar-refractivity contribution in [2.45, 2.75) is 11.8 Å². The summed E-state index contributed by atoms with van der Waals surface area (Å²) < 4.78 is 28.0. The van der Waals surface area contributed by atoms with Crippen LogP contribution in [-0.2, 0) is 10.0 Å². The predicted molar refractivity (Wildman–Crippen MR) is 73.8 cm³/mol. The number of nitrogens with zero attached hydrogens (tertiary/aromatic N) is 1. The van der Waals surface area contributed by atoms with E-state index < -0.39 is 16.0 Å². The van der Waals surface area contributed by atoms with Gasteiger partial charge in [-0.15, -0.1) is 0 Å². The molecule has 0 aliphatic rings. The molecule has 0 saturated carbocycles. The first-order chi connectivity index (χ1) is 9.79. The van der Waals surface area contributed by atoms with Gasteiger partial charge in [-0.25, -0.2) is 18.4 Å². The number of pyridine rings is 1. The molecule has 1 aromatic carbocycles. The highest BCUT2D eigenvalue weighted by molar-refractivity contribution is 7.89. The number of rotatable bonds is 4. The van der Waals surface area contributed by atoms with Gasteiger partial charge in [-0.2, -0.15) is 0 Å². The fourth-order valence-electron chi connectivity index (χ4n) is 1.64. The van der Waals surface area contributed by atoms with E-state index >= 15 is 0 Å². The van der Waals surface area contributed by atoms with E-state index in [1.807, 2.05) is 0 Å². The van der Waals surface area contributed by atoms with Crippen LogP contribution in [0, 0.1) is 6.92 Å². The van der Waals surface area contributed by atoms with Crippen molar-refractivity contribution in [3.63, 3.8) is 0 Å². The highest BCUT2D eigenvalue weighted by Crippen LogP contribution is 2.28. The van der Waals surface area contributed by atoms with Crippen molar-refractivity contribution in [3.8, 4) is 11.5 Å². The van der Waals surface area contributed by atoms with E-state index in [1.54, 1.807) is 25.3 Å². The highest BCUT2D eigenvalue weighted by atomic mass is 32.2. The van der Waals surface area contributed by atoms with Crippen molar-refractivity contribution >= 4 is 16.0 Å². The van der Waals surface area contributed by atoms with Gasteiger partial charge >= 0.3 is 5.97 Å². The molecule has 2 rings (SSSR count). The van der Waals surface area contributed by atoms with Gasteiger partial charge in [0.1, 0.15) is 17.1 Å². The summed E-state index contributed by atoms with van der Waals surface area (Å²) in [6, 6.07) is 6.65. The Morgan fingerprint density at radius 1 is 1.29 bits per heavy atom. The molecule has 3 N–H and O–H groups in total. The quantitative estimate of drug-likeness (QED) is 0.883. The minimum absolute atomic E-state index is 0.00556. The molecule has 1 heterocycles. The number of carboxylic acid groups (broad SMARTS) is 1. The zero-order chi connectivity index (χ0) is 15.6. The maximum absolute atomic E-state index is 11.3. The van der Waals surface area contributed by atoms with Gasteiger partial charge in [0.15, 0.2) is 0 Å². The molecule has 21 heavy (non-hydrogen) atoms. The molecule has 0 spiro atoms. The fourth-order valence-corrected chi connectivity index (χ4v) is 2.18. The zero-order valence-corrected chi connectivity index (χ0v) is 11.8. The Bertz CT molecular complexity index is 802. The van der Waals surface area contributed by atoms with E-state index in [4.69, 9.17) is 9.88 Å². The summed E-state index contributed by atoms with van der Waals surface area (Å²) in [5.74, 6) is -0.939. The van der Waals surface area contributed by atoms with Gasteiger partial charge in [0, 0.05) is 6.20 Å². The first-order valence-corrected chi connectivity index (χ1v) is 7.33. The lowest BCUT2D eigenvalue weighted by atomic mass is 10.2. The lowest BCUT2D eigenvalue weighted by Crippen LogP contribution is -2.13. The van der Waals surface area contributed by atoms with E-state index in [0.29, 0.717) is 11.4 Å². The Kier molecular flexibility index (Phi) is 3.92. The Morgan fingerprint density at radius 2 is 2.00 bits per heavy atom. The minimum Gasteiger partial charge on any atom is -0.478 e. The highest BCUT2D eigenvalue weighted by Gasteiger charge is 2.18. The predicted octanol–water partition coefficient (Wildman–Crippen LogP) is 1.53. The number of hydrogen-bond acceptors (Lipinski definition) is 5. The lowest BCUT2D eigenvalue weighted by Gasteiger charge is -2.11. The summed E-state index contributed by atoms with van der Waals surface area (Å²) in [6.07, 6.45) is 1.57. The van der Waals surface area contributed by atoms with E-state index in [9.17, 15) is 18.3 Å². The molecule has 0 amide bonds. The Hall–Kier alpha value is -2.45. The summed E-state index contributed by atoms with van der Waals surface area (Å²) in [7, 11) is -3.99. The summed E-state index contributed by atoms with van der Waals surface area (Å²) >= 11 is 0. The molecule has 2 aromatic rings. The number of benzene rings is 1. The summed E-state index contributed by atoms with van der Waals surface area (Å²) in [5.41, 5.74) is 0.272. The Morgan fingerprint density at radius 3 is 2.57 bits per heavy atom. The van der Waals surface area contributed by atoms with Crippen molar-refractivity contribution < 1.29 is 23.1 Å². The first-order valence-electron chi connectivity index (χ1n) is 5.78. The Labute approximate surface area is 121 Å². The van der Waals surface area contributed by atoms with Gasteiger partial charge in [-0.1, -0.05) is 0 Å². The van der Waals surface area contributed by atoms with E-state index in [-0.39, 0.29) is 16.2 Å². The molecule has 0 aliphatic carbocycles. The number of nitrogens with two attached hydrogens (primary N) is 1. The van der Waals surface area contributed by atoms with Gasteiger partial charge in [0.05, 0.1) is 10.6 Å². The second-order valence-corrected chi connectivity index (χ2v) is 5.76. The monoisotopic (exact) mass is 308 g/mol. The van der Waals surface area contributed by atoms with Crippen LogP contribution >= 0.6 is 0 Å². The molecule has 7 nitrogen and oxygen atoms in total. The van der Waals surface area contributed by atoms with Crippen molar-refractivity contribution in [1.29, 1.82) is 0 Å². The van der Waals surface area contributed by atoms with Crippen LogP contribution in [0.1, 0.15) is 16.1 Å². The molecule has 1 aromatic heterocycles. The minimum atomic E-state index is -3.99. The lowest BCUT2D eigenvalue weighted by molar-refractivity contribution is 0.0694. The SMILES string of the molecule is Cc1ncccc1Oc1ccc(S(N)(=O)=O)cc1C(=O)O. The smallest absolute Gasteiger partial charge is 0.339 e. The summed E-state index contributed by atoms with van der Waals surface area (Å²) in [6.45, 7) is 1.70. The number of primary sulfonamides is 1. The molecule has 0 radical (unpaired) electrons. The van der Waals surface area contributed by atoms with Gasteiger partial charge in [-0.05, 0) is 37.3 Å². The molecule has 8 heteroatoms. The van der Waals surface area contributed by atoms with Crippen molar-refractivity contribution in [2.24, 2.45) is 5.14 Å². The fraction of sp³-hybridized carbons (Fsp3) is 0.0769. The van der Waals surface area contributed by atoms with Crippen molar-refractivity contribution in [3.05, 3.63) is 47.8 Å². The maximum Gasteiger partial charge on any atom is 0.339 e. The molecule has 0 fully saturated rings. The van der Waals surface area contributed by atoms with Gasteiger partial charge in [0.25, 0.3) is 0 Å². The largest absolute Gasteiger partial charge is 0.478 e. The number of ether oxygens (including phenoxy) is 1. The second-order valence-electron chi connectivity index (χ2n) is 4.20. The third kappa shape index (κ3) is 3.36. The van der Waals surface area contributed by atoms with Crippen LogP contribution in [0.25, 0.3) is 0 Å². The van der Waals surface area contributed by atoms with Crippen molar-refractivity contribution in [2.75, 3.05) is 0 Å². The number of hydrogen-bond donors (Lipinski definition) is 2. The van der Waals surface area contributed by atoms with E-state index in [2.05, 4.69) is 4.98 Å². The number of carboxylic acids is 1.